The van der Waals surface area contributed by atoms with Gasteiger partial charge in [-0.3, -0.25) is 4.98 Å². The molecule has 1 heterocycles. The molecule has 1 aromatic heterocycles. The summed E-state index contributed by atoms with van der Waals surface area (Å²) in [4.78, 5) is 4.25. The highest BCUT2D eigenvalue weighted by atomic mass is 16.3. The molecule has 4 heteroatoms. The third-order valence-electron chi connectivity index (χ3n) is 9.40. The first kappa shape index (κ1) is 22.0. The molecule has 0 amide bonds. The Morgan fingerprint density at radius 3 is 2.77 bits per heavy atom. The molecule has 4 nitrogen and oxygen atoms in total. The Balaban J connectivity index is 1.57. The van der Waals surface area contributed by atoms with Crippen LogP contribution in [0.25, 0.3) is 0 Å². The Kier molecular flexibility index (Phi) is 6.39. The summed E-state index contributed by atoms with van der Waals surface area (Å²) in [5, 5.41) is 24.2. The summed E-state index contributed by atoms with van der Waals surface area (Å²) in [6.45, 7) is 11.4. The molecule has 4 rings (SSSR count). The highest BCUT2D eigenvalue weighted by Crippen LogP contribution is 2.63. The van der Waals surface area contributed by atoms with E-state index in [1.54, 1.807) is 0 Å². The number of hydrogen-bond donors (Lipinski definition) is 3. The van der Waals surface area contributed by atoms with Crippen LogP contribution in [0.2, 0.25) is 0 Å². The van der Waals surface area contributed by atoms with Crippen LogP contribution in [0.15, 0.2) is 36.7 Å². The zero-order valence-electron chi connectivity index (χ0n) is 18.8. The van der Waals surface area contributed by atoms with E-state index in [4.69, 9.17) is 0 Å². The maximum atomic E-state index is 10.3. The Morgan fingerprint density at radius 1 is 1.20 bits per heavy atom. The van der Waals surface area contributed by atoms with Crippen LogP contribution in [-0.2, 0) is 6.54 Å². The third kappa shape index (κ3) is 3.87. The number of rotatable bonds is 6. The summed E-state index contributed by atoms with van der Waals surface area (Å²) < 4.78 is 0. The van der Waals surface area contributed by atoms with Gasteiger partial charge >= 0.3 is 0 Å². The van der Waals surface area contributed by atoms with Crippen LogP contribution in [0, 0.1) is 34.5 Å². The fraction of sp³-hybridized carbons (Fsp3) is 0.731. The highest BCUT2D eigenvalue weighted by molar-refractivity contribution is 5.21. The molecule has 3 fully saturated rings. The summed E-state index contributed by atoms with van der Waals surface area (Å²) in [7, 11) is 0. The maximum absolute atomic E-state index is 10.3. The lowest BCUT2D eigenvalue weighted by Gasteiger charge is -2.56. The van der Waals surface area contributed by atoms with Crippen molar-refractivity contribution >= 4 is 0 Å². The largest absolute Gasteiger partial charge is 0.396 e. The summed E-state index contributed by atoms with van der Waals surface area (Å²) in [5.41, 5.74) is 3.03. The third-order valence-corrected chi connectivity index (χ3v) is 9.40. The van der Waals surface area contributed by atoms with Gasteiger partial charge in [-0.25, -0.2) is 0 Å². The van der Waals surface area contributed by atoms with Crippen molar-refractivity contribution < 1.29 is 10.2 Å². The SMILES string of the molecule is C=C1CCC2[C@@H](CNCc3cccnc3)C([C@@]3(C)CC[C@H](O)C[C@@H]3CO)CC[C@@]12C. The molecular weight excluding hydrogens is 372 g/mol. The molecule has 3 saturated carbocycles. The van der Waals surface area contributed by atoms with Crippen molar-refractivity contribution in [3.05, 3.63) is 42.2 Å². The van der Waals surface area contributed by atoms with Gasteiger partial charge in [0.1, 0.15) is 0 Å². The predicted octanol–water partition coefficient (Wildman–Crippen LogP) is 4.33. The highest BCUT2D eigenvalue weighted by Gasteiger charge is 2.56. The number of hydrogen-bond acceptors (Lipinski definition) is 4. The minimum absolute atomic E-state index is 0.0971. The van der Waals surface area contributed by atoms with E-state index in [1.807, 2.05) is 18.5 Å². The maximum Gasteiger partial charge on any atom is 0.0544 e. The van der Waals surface area contributed by atoms with Crippen LogP contribution in [0.1, 0.15) is 64.4 Å². The lowest BCUT2D eigenvalue weighted by molar-refractivity contribution is -0.0933. The quantitative estimate of drug-likeness (QED) is 0.609. The number of aliphatic hydroxyl groups excluding tert-OH is 2. The Morgan fingerprint density at radius 2 is 2.03 bits per heavy atom. The molecule has 1 aromatic rings. The zero-order chi connectivity index (χ0) is 21.4. The van der Waals surface area contributed by atoms with Crippen LogP contribution in [-0.4, -0.2) is 34.5 Å². The first-order valence-electron chi connectivity index (χ1n) is 12.0. The molecule has 0 saturated heterocycles. The van der Waals surface area contributed by atoms with Gasteiger partial charge in [0, 0.05) is 25.5 Å². The van der Waals surface area contributed by atoms with Crippen LogP contribution in [0.4, 0.5) is 0 Å². The summed E-state index contributed by atoms with van der Waals surface area (Å²) in [6, 6.07) is 4.13. The monoisotopic (exact) mass is 412 g/mol. The first-order valence-corrected chi connectivity index (χ1v) is 12.0. The standard InChI is InChI=1S/C26H40N2O2/c1-18-6-7-23-22(16-28-15-19-5-4-12-27-14-19)24(9-11-25(18,23)2)26(3)10-8-21(30)13-20(26)17-29/h4-5,12,14,20-24,28-30H,1,6-11,13,15-17H2,2-3H3/t20-,21+,22-,23?,24?,25+,26+/m1/s1. The van der Waals surface area contributed by atoms with E-state index in [1.165, 1.54) is 30.4 Å². The molecule has 2 unspecified atom stereocenters. The van der Waals surface area contributed by atoms with Gasteiger partial charge in [-0.1, -0.05) is 32.1 Å². The molecule has 7 atom stereocenters. The van der Waals surface area contributed by atoms with Gasteiger partial charge in [-0.05, 0) is 97.6 Å². The van der Waals surface area contributed by atoms with Crippen LogP contribution in [0.3, 0.4) is 0 Å². The van der Waals surface area contributed by atoms with E-state index in [-0.39, 0.29) is 29.5 Å². The Bertz CT molecular complexity index is 738. The second-order valence-corrected chi connectivity index (χ2v) is 10.8. The number of nitrogens with one attached hydrogen (secondary N) is 1. The van der Waals surface area contributed by atoms with E-state index < -0.39 is 0 Å². The van der Waals surface area contributed by atoms with E-state index in [2.05, 4.69) is 36.8 Å². The van der Waals surface area contributed by atoms with Crippen molar-refractivity contribution in [2.45, 2.75) is 71.4 Å². The van der Waals surface area contributed by atoms with E-state index in [0.29, 0.717) is 17.8 Å². The lowest BCUT2D eigenvalue weighted by atomic mass is 9.49. The molecule has 0 radical (unpaired) electrons. The van der Waals surface area contributed by atoms with E-state index in [9.17, 15) is 10.2 Å². The molecule has 0 bridgehead atoms. The summed E-state index contributed by atoms with van der Waals surface area (Å²) in [6.07, 6.45) is 11.0. The molecule has 3 N–H and O–H groups in total. The average Bonchev–Trinajstić information content (AvgIpc) is 3.05. The second kappa shape index (κ2) is 8.72. The van der Waals surface area contributed by atoms with Gasteiger partial charge in [-0.2, -0.15) is 0 Å². The predicted molar refractivity (Wildman–Crippen MR) is 121 cm³/mol. The molecule has 3 aliphatic carbocycles. The van der Waals surface area contributed by atoms with Gasteiger partial charge in [0.2, 0.25) is 0 Å². The smallest absolute Gasteiger partial charge is 0.0544 e. The second-order valence-electron chi connectivity index (χ2n) is 10.8. The van der Waals surface area contributed by atoms with Crippen molar-refractivity contribution in [2.24, 2.45) is 34.5 Å². The fourth-order valence-electron chi connectivity index (χ4n) is 7.35. The number of pyridine rings is 1. The van der Waals surface area contributed by atoms with Crippen LogP contribution in [0.5, 0.6) is 0 Å². The minimum atomic E-state index is -0.252. The fourth-order valence-corrected chi connectivity index (χ4v) is 7.35. The first-order chi connectivity index (χ1) is 14.4. The summed E-state index contributed by atoms with van der Waals surface area (Å²) >= 11 is 0. The van der Waals surface area contributed by atoms with Crippen molar-refractivity contribution in [2.75, 3.05) is 13.2 Å². The van der Waals surface area contributed by atoms with Crippen molar-refractivity contribution in [1.82, 2.24) is 10.3 Å². The van der Waals surface area contributed by atoms with Crippen molar-refractivity contribution in [1.29, 1.82) is 0 Å². The number of aliphatic hydroxyl groups is 2. The van der Waals surface area contributed by atoms with Crippen LogP contribution >= 0.6 is 0 Å². The zero-order valence-corrected chi connectivity index (χ0v) is 18.8. The number of nitrogens with zero attached hydrogens (tertiary/aromatic N) is 1. The number of fused-ring (bicyclic) bond motifs is 1. The van der Waals surface area contributed by atoms with Gasteiger partial charge in [0.05, 0.1) is 6.10 Å². The Labute approximate surface area is 182 Å². The Hall–Kier alpha value is -1.23. The normalized spacial score (nSPS) is 41.6. The molecular formula is C26H40N2O2. The molecule has 0 aliphatic heterocycles. The molecule has 30 heavy (non-hydrogen) atoms. The van der Waals surface area contributed by atoms with Gasteiger partial charge in [-0.15, -0.1) is 0 Å². The average molecular weight is 413 g/mol. The van der Waals surface area contributed by atoms with Crippen molar-refractivity contribution in [3.63, 3.8) is 0 Å². The number of allylic oxidation sites excluding steroid dienone is 1. The van der Waals surface area contributed by atoms with E-state index in [0.717, 1.165) is 38.8 Å². The molecule has 0 aromatic carbocycles. The molecule has 166 valence electrons. The molecule has 0 spiro atoms. The minimum Gasteiger partial charge on any atom is -0.396 e. The summed E-state index contributed by atoms with van der Waals surface area (Å²) in [5.74, 6) is 2.01. The number of aromatic nitrogens is 1. The van der Waals surface area contributed by atoms with E-state index >= 15 is 0 Å². The topological polar surface area (TPSA) is 65.4 Å². The molecule has 3 aliphatic rings. The van der Waals surface area contributed by atoms with Gasteiger partial charge in [0.25, 0.3) is 0 Å². The lowest BCUT2D eigenvalue weighted by Crippen LogP contribution is -2.53. The van der Waals surface area contributed by atoms with Crippen molar-refractivity contribution in [3.8, 4) is 0 Å². The van der Waals surface area contributed by atoms with Crippen LogP contribution < -0.4 is 5.32 Å². The van der Waals surface area contributed by atoms with Gasteiger partial charge < -0.3 is 15.5 Å². The van der Waals surface area contributed by atoms with Gasteiger partial charge in [0.15, 0.2) is 0 Å².